The maximum atomic E-state index is 10.6. The van der Waals surface area contributed by atoms with Crippen LogP contribution in [0.2, 0.25) is 0 Å². The number of rotatable bonds is 5. The fraction of sp³-hybridized carbons (Fsp3) is 0.500. The molecule has 0 aromatic rings. The Hall–Kier alpha value is -0.840. The second kappa shape index (κ2) is 3.73. The van der Waals surface area contributed by atoms with Gasteiger partial charge in [0.1, 0.15) is 0 Å². The van der Waals surface area contributed by atoms with Gasteiger partial charge in [0.25, 0.3) is 24.3 Å². The minimum Gasteiger partial charge on any atom is -0.303 e. The molecule has 0 rings (SSSR count). The summed E-state index contributed by atoms with van der Waals surface area (Å²) in [6.45, 7) is 0. The van der Waals surface area contributed by atoms with Gasteiger partial charge >= 0.3 is 0 Å². The highest BCUT2D eigenvalue weighted by atomic mass is 32.3. The zero-order valence-electron chi connectivity index (χ0n) is 6.46. The molecule has 0 fully saturated rings. The SMILES string of the molecule is N=[C]CC([C]=O)(S(=O)(=O)O)S(=O)(=O)O. The highest BCUT2D eigenvalue weighted by Gasteiger charge is 2.55. The van der Waals surface area contributed by atoms with E-state index in [0.29, 0.717) is 6.29 Å². The zero-order chi connectivity index (χ0) is 11.6. The molecule has 0 aromatic heterocycles. The normalized spacial score (nSPS) is 13.6. The van der Waals surface area contributed by atoms with E-state index in [0.717, 1.165) is 0 Å². The summed E-state index contributed by atoms with van der Waals surface area (Å²) in [5.74, 6) is 0. The lowest BCUT2D eigenvalue weighted by atomic mass is 10.3. The Labute approximate surface area is 79.9 Å². The molecule has 0 spiro atoms. The fourth-order valence-electron chi connectivity index (χ4n) is 0.573. The van der Waals surface area contributed by atoms with Crippen LogP contribution < -0.4 is 0 Å². The maximum absolute atomic E-state index is 10.6. The third kappa shape index (κ3) is 1.97. The molecule has 10 heteroatoms. The minimum absolute atomic E-state index is 0.488. The molecule has 3 N–H and O–H groups in total. The van der Waals surface area contributed by atoms with E-state index in [1.54, 1.807) is 0 Å². The predicted octanol–water partition coefficient (Wildman–Crippen LogP) is -1.52. The Morgan fingerprint density at radius 1 is 1.14 bits per heavy atom. The van der Waals surface area contributed by atoms with E-state index in [1.165, 1.54) is 6.21 Å². The minimum atomic E-state index is -5.44. The summed E-state index contributed by atoms with van der Waals surface area (Å²) in [6, 6.07) is 0. The second-order valence-corrected chi connectivity index (χ2v) is 5.71. The van der Waals surface area contributed by atoms with Crippen molar-refractivity contribution in [2.75, 3.05) is 0 Å². The lowest BCUT2D eigenvalue weighted by Gasteiger charge is -2.17. The van der Waals surface area contributed by atoms with Crippen LogP contribution in [0.5, 0.6) is 0 Å². The lowest BCUT2D eigenvalue weighted by Crippen LogP contribution is -2.47. The van der Waals surface area contributed by atoms with Crippen LogP contribution in [0.3, 0.4) is 0 Å². The predicted molar refractivity (Wildman–Crippen MR) is 43.9 cm³/mol. The van der Waals surface area contributed by atoms with Gasteiger partial charge in [0.05, 0.1) is 6.21 Å². The van der Waals surface area contributed by atoms with Crippen LogP contribution in [-0.4, -0.2) is 42.5 Å². The van der Waals surface area contributed by atoms with E-state index in [-0.39, 0.29) is 0 Å². The molecule has 0 aromatic carbocycles. The molecule has 0 heterocycles. The topological polar surface area (TPSA) is 150 Å². The van der Waals surface area contributed by atoms with Crippen molar-refractivity contribution in [1.29, 1.82) is 5.41 Å². The van der Waals surface area contributed by atoms with Crippen molar-refractivity contribution < 1.29 is 30.7 Å². The van der Waals surface area contributed by atoms with Gasteiger partial charge in [0.15, 0.2) is 0 Å². The van der Waals surface area contributed by atoms with Gasteiger partial charge < -0.3 is 5.41 Å². The molecular weight excluding hydrogens is 238 g/mol. The van der Waals surface area contributed by atoms with E-state index >= 15 is 0 Å². The first-order valence-corrected chi connectivity index (χ1v) is 5.73. The molecule has 0 aliphatic rings. The van der Waals surface area contributed by atoms with Gasteiger partial charge in [-0.2, -0.15) is 16.8 Å². The summed E-state index contributed by atoms with van der Waals surface area (Å²) >= 11 is 0. The molecule has 0 unspecified atom stereocenters. The Kier molecular flexibility index (Phi) is 3.50. The average Bonchev–Trinajstić information content (AvgIpc) is 1.94. The van der Waals surface area contributed by atoms with Gasteiger partial charge in [-0.3, -0.25) is 13.9 Å². The van der Waals surface area contributed by atoms with Crippen LogP contribution >= 0.6 is 0 Å². The van der Waals surface area contributed by atoms with E-state index in [9.17, 15) is 21.6 Å². The molecule has 8 nitrogen and oxygen atoms in total. The highest BCUT2D eigenvalue weighted by Crippen LogP contribution is 2.23. The molecule has 0 aliphatic carbocycles. The summed E-state index contributed by atoms with van der Waals surface area (Å²) in [4.78, 5) is 10.2. The Morgan fingerprint density at radius 2 is 1.50 bits per heavy atom. The van der Waals surface area contributed by atoms with E-state index < -0.39 is 30.7 Å². The average molecular weight is 243 g/mol. The quantitative estimate of drug-likeness (QED) is 0.392. The van der Waals surface area contributed by atoms with Crippen molar-refractivity contribution in [3.05, 3.63) is 0 Å². The standard InChI is InChI=1S/C4H5NO7S2/c5-2-1-4(3-6,13(7,8)9)14(10,11)12/h5H,1H2,(H,7,8,9)(H,10,11,12). The molecule has 0 bridgehead atoms. The van der Waals surface area contributed by atoms with Crippen molar-refractivity contribution in [3.63, 3.8) is 0 Å². The van der Waals surface area contributed by atoms with Crippen LogP contribution in [0.25, 0.3) is 0 Å². The van der Waals surface area contributed by atoms with Gasteiger partial charge in [0.2, 0.25) is 6.29 Å². The molecule has 0 saturated carbocycles. The monoisotopic (exact) mass is 243 g/mol. The van der Waals surface area contributed by atoms with Crippen molar-refractivity contribution in [3.8, 4) is 0 Å². The maximum Gasteiger partial charge on any atom is 0.296 e. The number of nitrogens with one attached hydrogen (secondary N) is 1. The van der Waals surface area contributed by atoms with Crippen LogP contribution in [0, 0.1) is 5.41 Å². The summed E-state index contributed by atoms with van der Waals surface area (Å²) in [5, 5.41) is 6.34. The molecular formula is C4H5NO7S2. The zero-order valence-corrected chi connectivity index (χ0v) is 8.09. The first-order valence-electron chi connectivity index (χ1n) is 2.85. The van der Waals surface area contributed by atoms with Gasteiger partial charge in [-0.1, -0.05) is 0 Å². The van der Waals surface area contributed by atoms with Gasteiger partial charge in [-0.25, -0.2) is 0 Å². The molecule has 14 heavy (non-hydrogen) atoms. The second-order valence-electron chi connectivity index (χ2n) is 2.16. The number of hydrogen-bond donors (Lipinski definition) is 3. The molecule has 0 atom stereocenters. The van der Waals surface area contributed by atoms with Crippen molar-refractivity contribution in [2.24, 2.45) is 0 Å². The Balaban J connectivity index is 5.96. The van der Waals surface area contributed by atoms with E-state index in [1.807, 2.05) is 0 Å². The lowest BCUT2D eigenvalue weighted by molar-refractivity contribution is 0.438. The highest BCUT2D eigenvalue weighted by molar-refractivity contribution is 8.06. The fourth-order valence-corrected chi connectivity index (χ4v) is 2.36. The summed E-state index contributed by atoms with van der Waals surface area (Å²) in [7, 11) is -10.9. The van der Waals surface area contributed by atoms with Crippen LogP contribution in [0.4, 0.5) is 0 Å². The summed E-state index contributed by atoms with van der Waals surface area (Å²) in [6.07, 6.45) is 0.431. The van der Waals surface area contributed by atoms with Crippen molar-refractivity contribution >= 4 is 32.7 Å². The van der Waals surface area contributed by atoms with Gasteiger partial charge in [0, 0.05) is 6.42 Å². The first kappa shape index (κ1) is 13.2. The van der Waals surface area contributed by atoms with Crippen LogP contribution in [0.15, 0.2) is 0 Å². The largest absolute Gasteiger partial charge is 0.303 e. The Bertz CT molecular complexity index is 400. The van der Waals surface area contributed by atoms with Crippen molar-refractivity contribution in [2.45, 2.75) is 10.5 Å². The third-order valence-corrected chi connectivity index (χ3v) is 4.70. The van der Waals surface area contributed by atoms with Gasteiger partial charge in [-0.05, 0) is 0 Å². The van der Waals surface area contributed by atoms with E-state index in [2.05, 4.69) is 0 Å². The Morgan fingerprint density at radius 3 is 1.57 bits per heavy atom. The van der Waals surface area contributed by atoms with Crippen LogP contribution in [-0.2, 0) is 25.0 Å². The molecule has 0 aliphatic heterocycles. The van der Waals surface area contributed by atoms with Gasteiger partial charge in [-0.15, -0.1) is 0 Å². The third-order valence-electron chi connectivity index (χ3n) is 1.31. The summed E-state index contributed by atoms with van der Waals surface area (Å²) in [5.41, 5.74) is 0. The molecule has 80 valence electrons. The number of carbonyl (C=O) groups excluding carboxylic acids is 1. The summed E-state index contributed by atoms with van der Waals surface area (Å²) < 4.78 is 55.5. The van der Waals surface area contributed by atoms with Crippen molar-refractivity contribution in [1.82, 2.24) is 0 Å². The molecule has 0 amide bonds. The van der Waals surface area contributed by atoms with Crippen LogP contribution in [0.1, 0.15) is 6.42 Å². The van der Waals surface area contributed by atoms with E-state index in [4.69, 9.17) is 14.5 Å². The first-order chi connectivity index (χ1) is 6.12. The molecule has 0 saturated heterocycles. The smallest absolute Gasteiger partial charge is 0.296 e. The molecule has 2 radical (unpaired) electrons. The number of hydrogen-bond acceptors (Lipinski definition) is 6.